The van der Waals surface area contributed by atoms with Crippen LogP contribution in [0.5, 0.6) is 5.75 Å². The molecule has 1 aliphatic carbocycles. The molecule has 0 aliphatic heterocycles. The zero-order valence-electron chi connectivity index (χ0n) is 20.7. The van der Waals surface area contributed by atoms with Crippen molar-refractivity contribution in [3.63, 3.8) is 0 Å². The molecular formula is C28H25FN4O3S. The average Bonchev–Trinajstić information content (AvgIpc) is 3.51. The molecule has 37 heavy (non-hydrogen) atoms. The first kappa shape index (κ1) is 23.4. The Morgan fingerprint density at radius 2 is 1.86 bits per heavy atom. The molecule has 0 N–H and O–H groups in total. The van der Waals surface area contributed by atoms with Gasteiger partial charge in [0, 0.05) is 17.6 Å². The van der Waals surface area contributed by atoms with Gasteiger partial charge in [-0.25, -0.2) is 18.7 Å². The summed E-state index contributed by atoms with van der Waals surface area (Å²) in [7, 11) is 1.62. The summed E-state index contributed by atoms with van der Waals surface area (Å²) in [6, 6.07) is 11.4. The Morgan fingerprint density at radius 3 is 2.51 bits per heavy atom. The van der Waals surface area contributed by atoms with Gasteiger partial charge >= 0.3 is 5.69 Å². The molecule has 5 aromatic rings. The molecule has 0 radical (unpaired) electrons. The summed E-state index contributed by atoms with van der Waals surface area (Å²) < 4.78 is 24.1. The summed E-state index contributed by atoms with van der Waals surface area (Å²) in [5.41, 5.74) is 3.03. The SMILES string of the molecule is COc1cc(-c2sc3c(c2C)c(=O)n(-c2ccc(F)cc2)c(=O)n3CC2CC2)ccc1-n1cnc(C)c1. The Hall–Kier alpha value is -3.98. The third-order valence-electron chi connectivity index (χ3n) is 6.87. The number of ether oxygens (including phenoxy) is 1. The summed E-state index contributed by atoms with van der Waals surface area (Å²) in [5, 5.41) is 0.512. The molecule has 188 valence electrons. The minimum atomic E-state index is -0.423. The maximum atomic E-state index is 13.7. The highest BCUT2D eigenvalue weighted by atomic mass is 32.1. The third-order valence-corrected chi connectivity index (χ3v) is 8.23. The van der Waals surface area contributed by atoms with Gasteiger partial charge in [0.1, 0.15) is 16.4 Å². The van der Waals surface area contributed by atoms with E-state index < -0.39 is 17.1 Å². The van der Waals surface area contributed by atoms with Crippen LogP contribution in [0.2, 0.25) is 0 Å². The predicted molar refractivity (Wildman–Crippen MR) is 143 cm³/mol. The Labute approximate surface area is 216 Å². The van der Waals surface area contributed by atoms with Crippen LogP contribution in [0.15, 0.2) is 64.6 Å². The molecule has 7 nitrogen and oxygen atoms in total. The van der Waals surface area contributed by atoms with Gasteiger partial charge in [-0.2, -0.15) is 0 Å². The molecule has 0 amide bonds. The highest BCUT2D eigenvalue weighted by molar-refractivity contribution is 7.22. The number of methoxy groups -OCH3 is 1. The molecule has 1 fully saturated rings. The third kappa shape index (κ3) is 3.99. The number of hydrogen-bond acceptors (Lipinski definition) is 5. The first-order chi connectivity index (χ1) is 17.9. The maximum absolute atomic E-state index is 13.7. The van der Waals surface area contributed by atoms with Gasteiger partial charge in [0.05, 0.1) is 35.9 Å². The van der Waals surface area contributed by atoms with Crippen LogP contribution in [-0.4, -0.2) is 25.8 Å². The van der Waals surface area contributed by atoms with Gasteiger partial charge < -0.3 is 9.30 Å². The van der Waals surface area contributed by atoms with Gasteiger partial charge in [-0.15, -0.1) is 11.3 Å². The number of imidazole rings is 1. The van der Waals surface area contributed by atoms with Crippen LogP contribution in [0.3, 0.4) is 0 Å². The molecule has 0 bridgehead atoms. The Bertz CT molecular complexity index is 1770. The summed E-state index contributed by atoms with van der Waals surface area (Å²) in [6.45, 7) is 4.40. The second kappa shape index (κ2) is 8.85. The van der Waals surface area contributed by atoms with Gasteiger partial charge in [0.15, 0.2) is 0 Å². The fourth-order valence-corrected chi connectivity index (χ4v) is 6.04. The molecule has 0 saturated heterocycles. The van der Waals surface area contributed by atoms with Crippen molar-refractivity contribution in [2.24, 2.45) is 5.92 Å². The number of halogens is 1. The predicted octanol–water partition coefficient (Wildman–Crippen LogP) is 5.24. The lowest BCUT2D eigenvalue weighted by molar-refractivity contribution is 0.413. The van der Waals surface area contributed by atoms with Crippen molar-refractivity contribution in [1.29, 1.82) is 0 Å². The minimum absolute atomic E-state index is 0.358. The van der Waals surface area contributed by atoms with Gasteiger partial charge in [0.2, 0.25) is 0 Å². The molecule has 6 rings (SSSR count). The van der Waals surface area contributed by atoms with E-state index in [9.17, 15) is 14.0 Å². The monoisotopic (exact) mass is 516 g/mol. The number of aryl methyl sites for hydroxylation is 2. The molecule has 3 aromatic heterocycles. The Balaban J connectivity index is 1.57. The average molecular weight is 517 g/mol. The van der Waals surface area contributed by atoms with E-state index in [1.165, 1.54) is 40.2 Å². The number of fused-ring (bicyclic) bond motifs is 1. The first-order valence-electron chi connectivity index (χ1n) is 12.1. The van der Waals surface area contributed by atoms with Crippen LogP contribution in [0.25, 0.3) is 32.0 Å². The zero-order chi connectivity index (χ0) is 25.8. The topological polar surface area (TPSA) is 71.0 Å². The van der Waals surface area contributed by atoms with E-state index in [2.05, 4.69) is 4.98 Å². The van der Waals surface area contributed by atoms with E-state index in [0.29, 0.717) is 34.1 Å². The van der Waals surface area contributed by atoms with E-state index in [1.807, 2.05) is 42.8 Å². The van der Waals surface area contributed by atoms with Crippen LogP contribution < -0.4 is 16.0 Å². The largest absolute Gasteiger partial charge is 0.495 e. The number of hydrogen-bond donors (Lipinski definition) is 0. The zero-order valence-corrected chi connectivity index (χ0v) is 21.5. The molecule has 0 atom stereocenters. The highest BCUT2D eigenvalue weighted by Gasteiger charge is 2.27. The van der Waals surface area contributed by atoms with Gasteiger partial charge in [-0.3, -0.25) is 9.36 Å². The van der Waals surface area contributed by atoms with Gasteiger partial charge in [-0.1, -0.05) is 6.07 Å². The van der Waals surface area contributed by atoms with Crippen LogP contribution in [0.4, 0.5) is 4.39 Å². The smallest absolute Gasteiger partial charge is 0.336 e. The minimum Gasteiger partial charge on any atom is -0.495 e. The molecule has 1 saturated carbocycles. The van der Waals surface area contributed by atoms with Crippen molar-refractivity contribution in [3.8, 4) is 27.6 Å². The van der Waals surface area contributed by atoms with E-state index in [4.69, 9.17) is 4.74 Å². The molecule has 1 aliphatic rings. The van der Waals surface area contributed by atoms with Crippen molar-refractivity contribution in [1.82, 2.24) is 18.7 Å². The van der Waals surface area contributed by atoms with Crippen molar-refractivity contribution in [2.75, 3.05) is 7.11 Å². The second-order valence-electron chi connectivity index (χ2n) is 9.50. The van der Waals surface area contributed by atoms with E-state index in [0.717, 1.165) is 40.2 Å². The van der Waals surface area contributed by atoms with Gasteiger partial charge in [0.25, 0.3) is 5.56 Å². The van der Waals surface area contributed by atoms with Crippen LogP contribution in [0, 0.1) is 25.6 Å². The molecule has 2 aromatic carbocycles. The Morgan fingerprint density at radius 1 is 1.11 bits per heavy atom. The summed E-state index contributed by atoms with van der Waals surface area (Å²) in [4.78, 5) is 33.2. The van der Waals surface area contributed by atoms with E-state index >= 15 is 0 Å². The molecular weight excluding hydrogens is 491 g/mol. The molecule has 0 unspecified atom stereocenters. The summed E-state index contributed by atoms with van der Waals surface area (Å²) >= 11 is 1.45. The summed E-state index contributed by atoms with van der Waals surface area (Å²) in [6.07, 6.45) is 5.79. The number of benzene rings is 2. The maximum Gasteiger partial charge on any atom is 0.336 e. The van der Waals surface area contributed by atoms with Crippen LogP contribution in [0.1, 0.15) is 24.1 Å². The standard InChI is InChI=1S/C28H25FN4O3S/c1-16-13-31(15-30-16)22-11-6-19(12-23(22)36-3)25-17(2)24-26(34)33(21-9-7-20(29)8-10-21)28(35)32(27(24)37-25)14-18-4-5-18/h6-13,15,18H,4-5,14H2,1-3H3. The van der Waals surface area contributed by atoms with Crippen LogP contribution in [-0.2, 0) is 6.54 Å². The second-order valence-corrected chi connectivity index (χ2v) is 10.5. The van der Waals surface area contributed by atoms with E-state index in [-0.39, 0.29) is 0 Å². The first-order valence-corrected chi connectivity index (χ1v) is 12.9. The van der Waals surface area contributed by atoms with Crippen molar-refractivity contribution >= 4 is 21.6 Å². The fraction of sp³-hybridized carbons (Fsp3) is 0.250. The number of aromatic nitrogens is 4. The van der Waals surface area contributed by atoms with E-state index in [1.54, 1.807) is 18.0 Å². The Kier molecular flexibility index (Phi) is 5.60. The lowest BCUT2D eigenvalue weighted by atomic mass is 10.1. The highest BCUT2D eigenvalue weighted by Crippen LogP contribution is 2.40. The molecule has 9 heteroatoms. The van der Waals surface area contributed by atoms with Crippen molar-refractivity contribution < 1.29 is 9.13 Å². The fourth-order valence-electron chi connectivity index (χ4n) is 4.74. The number of nitrogens with zero attached hydrogens (tertiary/aromatic N) is 4. The molecule has 0 spiro atoms. The lowest BCUT2D eigenvalue weighted by Gasteiger charge is -2.12. The lowest BCUT2D eigenvalue weighted by Crippen LogP contribution is -2.39. The molecule has 3 heterocycles. The summed E-state index contributed by atoms with van der Waals surface area (Å²) in [5.74, 6) is 0.670. The quantitative estimate of drug-likeness (QED) is 0.309. The normalized spacial score (nSPS) is 13.4. The number of thiophene rings is 1. The van der Waals surface area contributed by atoms with Crippen LogP contribution >= 0.6 is 11.3 Å². The van der Waals surface area contributed by atoms with Crippen molar-refractivity contribution in [3.05, 3.63) is 92.9 Å². The number of rotatable bonds is 6. The van der Waals surface area contributed by atoms with Crippen molar-refractivity contribution in [2.45, 2.75) is 33.2 Å². The van der Waals surface area contributed by atoms with Gasteiger partial charge in [-0.05, 0) is 80.1 Å².